The van der Waals surface area contributed by atoms with E-state index in [9.17, 15) is 9.59 Å². The fourth-order valence-electron chi connectivity index (χ4n) is 3.44. The highest BCUT2D eigenvalue weighted by Gasteiger charge is 2.39. The third-order valence-electron chi connectivity index (χ3n) is 4.69. The van der Waals surface area contributed by atoms with Crippen LogP contribution < -0.4 is 5.32 Å². The number of aromatic amines is 1. The topological polar surface area (TPSA) is 74.4 Å². The number of benzene rings is 1. The molecule has 24 heavy (non-hydrogen) atoms. The molecule has 2 saturated heterocycles. The van der Waals surface area contributed by atoms with Gasteiger partial charge in [0.1, 0.15) is 6.04 Å². The molecule has 7 heteroatoms. The standard InChI is InChI=1S/C17H18ClN3O3/c18-13-5-1-4-12-10(8-19-15(12)13)7-14-16(22)21(17(23)20-14)9-11-3-2-6-24-11/h1,4-5,8,11,14,19H,2-3,6-7,9H2,(H,20,23)/t11?,14-/m1/s1. The predicted octanol–water partition coefficient (Wildman–Crippen LogP) is 2.46. The maximum Gasteiger partial charge on any atom is 0.324 e. The number of H-pyrrole nitrogens is 1. The molecule has 0 saturated carbocycles. The van der Waals surface area contributed by atoms with Gasteiger partial charge in [0.2, 0.25) is 0 Å². The molecule has 2 aliphatic heterocycles. The minimum atomic E-state index is -0.545. The molecule has 3 amide bonds. The highest BCUT2D eigenvalue weighted by atomic mass is 35.5. The molecule has 1 unspecified atom stereocenters. The minimum Gasteiger partial charge on any atom is -0.376 e. The van der Waals surface area contributed by atoms with Crippen molar-refractivity contribution in [2.75, 3.05) is 13.2 Å². The Bertz CT molecular complexity index is 797. The smallest absolute Gasteiger partial charge is 0.324 e. The highest BCUT2D eigenvalue weighted by Crippen LogP contribution is 2.27. The van der Waals surface area contributed by atoms with E-state index < -0.39 is 6.04 Å². The van der Waals surface area contributed by atoms with Gasteiger partial charge in [-0.25, -0.2) is 4.79 Å². The van der Waals surface area contributed by atoms with Crippen molar-refractivity contribution in [1.82, 2.24) is 15.2 Å². The molecule has 1 aromatic heterocycles. The number of amides is 3. The Morgan fingerprint density at radius 2 is 2.21 bits per heavy atom. The van der Waals surface area contributed by atoms with Crippen LogP contribution in [0.2, 0.25) is 5.02 Å². The first-order chi connectivity index (χ1) is 11.6. The fraction of sp³-hybridized carbons (Fsp3) is 0.412. The molecule has 126 valence electrons. The zero-order valence-electron chi connectivity index (χ0n) is 13.0. The molecule has 2 atom stereocenters. The van der Waals surface area contributed by atoms with Gasteiger partial charge >= 0.3 is 6.03 Å². The van der Waals surface area contributed by atoms with Crippen LogP contribution in [0.5, 0.6) is 0 Å². The zero-order valence-corrected chi connectivity index (χ0v) is 13.8. The Labute approximate surface area is 144 Å². The van der Waals surface area contributed by atoms with Gasteiger partial charge in [0, 0.05) is 24.6 Å². The molecule has 2 N–H and O–H groups in total. The second kappa shape index (κ2) is 6.11. The van der Waals surface area contributed by atoms with Gasteiger partial charge in [0.15, 0.2) is 0 Å². The van der Waals surface area contributed by atoms with Gasteiger partial charge in [-0.3, -0.25) is 9.69 Å². The lowest BCUT2D eigenvalue weighted by molar-refractivity contribution is -0.128. The van der Waals surface area contributed by atoms with Crippen molar-refractivity contribution in [1.29, 1.82) is 0 Å². The van der Waals surface area contributed by atoms with Crippen LogP contribution in [0.3, 0.4) is 0 Å². The summed E-state index contributed by atoms with van der Waals surface area (Å²) in [4.78, 5) is 29.1. The first-order valence-electron chi connectivity index (χ1n) is 8.11. The number of carbonyl (C=O) groups is 2. The molecule has 2 fully saturated rings. The fourth-order valence-corrected chi connectivity index (χ4v) is 3.67. The van der Waals surface area contributed by atoms with E-state index in [1.165, 1.54) is 4.90 Å². The van der Waals surface area contributed by atoms with E-state index in [4.69, 9.17) is 16.3 Å². The summed E-state index contributed by atoms with van der Waals surface area (Å²) in [5.74, 6) is -0.188. The number of para-hydroxylation sites is 1. The molecule has 0 radical (unpaired) electrons. The van der Waals surface area contributed by atoms with E-state index >= 15 is 0 Å². The third kappa shape index (κ3) is 2.65. The van der Waals surface area contributed by atoms with Crippen LogP contribution in [0.25, 0.3) is 10.9 Å². The van der Waals surface area contributed by atoms with Gasteiger partial charge in [-0.2, -0.15) is 0 Å². The van der Waals surface area contributed by atoms with Crippen LogP contribution in [-0.2, 0) is 16.0 Å². The third-order valence-corrected chi connectivity index (χ3v) is 5.01. The summed E-state index contributed by atoms with van der Waals surface area (Å²) in [6, 6.07) is 4.77. The molecule has 0 aliphatic carbocycles. The second-order valence-corrected chi connectivity index (χ2v) is 6.67. The number of hydrogen-bond donors (Lipinski definition) is 2. The number of hydrogen-bond acceptors (Lipinski definition) is 3. The van der Waals surface area contributed by atoms with Crippen molar-refractivity contribution in [3.8, 4) is 0 Å². The lowest BCUT2D eigenvalue weighted by atomic mass is 10.0. The molecule has 0 bridgehead atoms. The van der Waals surface area contributed by atoms with Crippen LogP contribution in [0.15, 0.2) is 24.4 Å². The summed E-state index contributed by atoms with van der Waals surface area (Å²) in [5, 5.41) is 4.39. The predicted molar refractivity (Wildman–Crippen MR) is 90.0 cm³/mol. The minimum absolute atomic E-state index is 0.0367. The summed E-state index contributed by atoms with van der Waals surface area (Å²) in [6.45, 7) is 1.04. The molecular formula is C17H18ClN3O3. The lowest BCUT2D eigenvalue weighted by Gasteiger charge is -2.17. The highest BCUT2D eigenvalue weighted by molar-refractivity contribution is 6.35. The summed E-state index contributed by atoms with van der Waals surface area (Å²) in [5.41, 5.74) is 1.81. The number of nitrogens with one attached hydrogen (secondary N) is 2. The number of urea groups is 1. The Hall–Kier alpha value is -2.05. The summed E-state index contributed by atoms with van der Waals surface area (Å²) < 4.78 is 5.53. The molecular weight excluding hydrogens is 330 g/mol. The molecule has 3 heterocycles. The number of fused-ring (bicyclic) bond motifs is 1. The maximum atomic E-state index is 12.6. The van der Waals surface area contributed by atoms with E-state index in [0.29, 0.717) is 24.6 Å². The van der Waals surface area contributed by atoms with E-state index in [1.54, 1.807) is 0 Å². The van der Waals surface area contributed by atoms with Crippen LogP contribution >= 0.6 is 11.6 Å². The normalized spacial score (nSPS) is 24.1. The maximum absolute atomic E-state index is 12.6. The van der Waals surface area contributed by atoms with Crippen molar-refractivity contribution in [2.45, 2.75) is 31.4 Å². The second-order valence-electron chi connectivity index (χ2n) is 6.27. The number of nitrogens with zero attached hydrogens (tertiary/aromatic N) is 1. The Balaban J connectivity index is 1.51. The number of carbonyl (C=O) groups excluding carboxylic acids is 2. The quantitative estimate of drug-likeness (QED) is 0.834. The Morgan fingerprint density at radius 1 is 1.33 bits per heavy atom. The summed E-state index contributed by atoms with van der Waals surface area (Å²) in [6.07, 6.45) is 4.12. The average molecular weight is 348 g/mol. The Morgan fingerprint density at radius 3 is 3.00 bits per heavy atom. The largest absolute Gasteiger partial charge is 0.376 e. The average Bonchev–Trinajstić information content (AvgIpc) is 3.26. The van der Waals surface area contributed by atoms with Crippen LogP contribution in [-0.4, -0.2) is 47.1 Å². The zero-order chi connectivity index (χ0) is 16.7. The van der Waals surface area contributed by atoms with Crippen LogP contribution in [0.4, 0.5) is 4.79 Å². The van der Waals surface area contributed by atoms with Crippen LogP contribution in [0.1, 0.15) is 18.4 Å². The molecule has 4 rings (SSSR count). The van der Waals surface area contributed by atoms with E-state index in [-0.39, 0.29) is 18.0 Å². The number of aromatic nitrogens is 1. The first kappa shape index (κ1) is 15.5. The van der Waals surface area contributed by atoms with Crippen LogP contribution in [0, 0.1) is 0 Å². The van der Waals surface area contributed by atoms with Gasteiger partial charge in [0.05, 0.1) is 23.2 Å². The molecule has 2 aromatic rings. The molecule has 2 aliphatic rings. The number of imide groups is 1. The molecule has 1 aromatic carbocycles. The van der Waals surface area contributed by atoms with Gasteiger partial charge < -0.3 is 15.0 Å². The van der Waals surface area contributed by atoms with Crippen molar-refractivity contribution in [2.24, 2.45) is 0 Å². The molecule has 6 nitrogen and oxygen atoms in total. The SMILES string of the molecule is O=C1N[C@H](Cc2c[nH]c3c(Cl)cccc23)C(=O)N1CC1CCCO1. The van der Waals surface area contributed by atoms with Crippen molar-refractivity contribution < 1.29 is 14.3 Å². The lowest BCUT2D eigenvalue weighted by Crippen LogP contribution is -2.38. The van der Waals surface area contributed by atoms with E-state index in [1.807, 2.05) is 24.4 Å². The molecule has 0 spiro atoms. The number of halogens is 1. The number of rotatable bonds is 4. The van der Waals surface area contributed by atoms with Gasteiger partial charge in [-0.05, 0) is 24.5 Å². The summed E-state index contributed by atoms with van der Waals surface area (Å²) in [7, 11) is 0. The van der Waals surface area contributed by atoms with Crippen molar-refractivity contribution in [3.63, 3.8) is 0 Å². The van der Waals surface area contributed by atoms with Crippen molar-refractivity contribution >= 4 is 34.4 Å². The van der Waals surface area contributed by atoms with Gasteiger partial charge in [-0.15, -0.1) is 0 Å². The van der Waals surface area contributed by atoms with Crippen molar-refractivity contribution in [3.05, 3.63) is 35.0 Å². The van der Waals surface area contributed by atoms with Gasteiger partial charge in [-0.1, -0.05) is 23.7 Å². The van der Waals surface area contributed by atoms with E-state index in [2.05, 4.69) is 10.3 Å². The Kier molecular flexibility index (Phi) is 3.94. The number of ether oxygens (including phenoxy) is 1. The summed E-state index contributed by atoms with van der Waals surface area (Å²) >= 11 is 6.17. The van der Waals surface area contributed by atoms with E-state index in [0.717, 1.165) is 29.3 Å². The van der Waals surface area contributed by atoms with Gasteiger partial charge in [0.25, 0.3) is 5.91 Å². The monoisotopic (exact) mass is 347 g/mol. The first-order valence-corrected chi connectivity index (χ1v) is 8.49.